The van der Waals surface area contributed by atoms with Crippen molar-refractivity contribution in [1.29, 1.82) is 0 Å². The van der Waals surface area contributed by atoms with E-state index < -0.39 is 23.9 Å². The Bertz CT molecular complexity index is 298. The average molecular weight is 238 g/mol. The number of carbonyl (C=O) groups excluding carboxylic acids is 1. The molecule has 0 unspecified atom stereocenters. The van der Waals surface area contributed by atoms with Crippen molar-refractivity contribution in [3.05, 3.63) is 12.2 Å². The molecule has 0 saturated carbocycles. The highest BCUT2D eigenvalue weighted by Gasteiger charge is 2.64. The lowest BCUT2D eigenvalue weighted by atomic mass is 10.0. The molecule has 92 valence electrons. The number of hydrogen-bond donors (Lipinski definition) is 0. The van der Waals surface area contributed by atoms with Crippen LogP contribution >= 0.6 is 0 Å². The molecule has 0 bridgehead atoms. The van der Waals surface area contributed by atoms with Crippen molar-refractivity contribution in [2.24, 2.45) is 0 Å². The minimum absolute atomic E-state index is 0.436. The van der Waals surface area contributed by atoms with Crippen LogP contribution in [0.1, 0.15) is 19.8 Å². The monoisotopic (exact) mass is 238 g/mol. The van der Waals surface area contributed by atoms with Crippen LogP contribution in [0.15, 0.2) is 12.2 Å². The van der Waals surface area contributed by atoms with Crippen molar-refractivity contribution in [2.45, 2.75) is 37.6 Å². The number of methoxy groups -OCH3 is 1. The van der Waals surface area contributed by atoms with Crippen LogP contribution in [-0.4, -0.2) is 31.0 Å². The fourth-order valence-corrected chi connectivity index (χ4v) is 1.54. The van der Waals surface area contributed by atoms with Gasteiger partial charge in [-0.3, -0.25) is 0 Å². The van der Waals surface area contributed by atoms with Gasteiger partial charge in [0, 0.05) is 0 Å². The van der Waals surface area contributed by atoms with Gasteiger partial charge in [0.25, 0.3) is 5.60 Å². The third kappa shape index (κ3) is 2.07. The van der Waals surface area contributed by atoms with E-state index in [2.05, 4.69) is 4.74 Å². The summed E-state index contributed by atoms with van der Waals surface area (Å²) in [5.41, 5.74) is -2.93. The van der Waals surface area contributed by atoms with E-state index in [9.17, 15) is 18.0 Å². The maximum atomic E-state index is 12.8. The topological polar surface area (TPSA) is 35.5 Å². The number of hydrogen-bond acceptors (Lipinski definition) is 3. The summed E-state index contributed by atoms with van der Waals surface area (Å²) in [6.07, 6.45) is -2.40. The van der Waals surface area contributed by atoms with Crippen LogP contribution in [0.5, 0.6) is 0 Å². The van der Waals surface area contributed by atoms with Crippen LogP contribution in [0.4, 0.5) is 13.2 Å². The molecule has 16 heavy (non-hydrogen) atoms. The van der Waals surface area contributed by atoms with Crippen molar-refractivity contribution in [3.8, 4) is 0 Å². The first-order valence-corrected chi connectivity index (χ1v) is 4.89. The maximum Gasteiger partial charge on any atom is 0.432 e. The molecule has 0 saturated heterocycles. The predicted octanol–water partition coefficient (Wildman–Crippen LogP) is 2.22. The first-order valence-electron chi connectivity index (χ1n) is 4.89. The van der Waals surface area contributed by atoms with Gasteiger partial charge in [-0.15, -0.1) is 0 Å². The molecule has 0 radical (unpaired) electrons. The maximum absolute atomic E-state index is 12.8. The van der Waals surface area contributed by atoms with E-state index in [0.29, 0.717) is 12.8 Å². The predicted molar refractivity (Wildman–Crippen MR) is 49.7 cm³/mol. The standard InChI is InChI=1S/C10H13F3O3/c1-3-4-7-5-6-9(16-7,8(14)15-2)10(11,12)13/h5-7H,3-4H2,1-2H3/t7-,9-/m0/s1. The molecular formula is C10H13F3O3. The quantitative estimate of drug-likeness (QED) is 0.558. The zero-order valence-corrected chi connectivity index (χ0v) is 9.00. The van der Waals surface area contributed by atoms with Crippen molar-refractivity contribution in [2.75, 3.05) is 7.11 Å². The number of esters is 1. The van der Waals surface area contributed by atoms with Crippen LogP contribution in [0.3, 0.4) is 0 Å². The molecule has 6 heteroatoms. The summed E-state index contributed by atoms with van der Waals surface area (Å²) < 4.78 is 47.3. The second-order valence-corrected chi connectivity index (χ2v) is 3.53. The van der Waals surface area contributed by atoms with Gasteiger partial charge >= 0.3 is 12.1 Å². The summed E-state index contributed by atoms with van der Waals surface area (Å²) in [6, 6.07) is 0. The molecule has 1 aliphatic heterocycles. The van der Waals surface area contributed by atoms with E-state index in [0.717, 1.165) is 13.2 Å². The fourth-order valence-electron chi connectivity index (χ4n) is 1.54. The van der Waals surface area contributed by atoms with Crippen molar-refractivity contribution < 1.29 is 27.4 Å². The Balaban J connectivity index is 2.94. The van der Waals surface area contributed by atoms with Gasteiger partial charge in [0.15, 0.2) is 0 Å². The SMILES string of the molecule is CCC[C@H]1C=C[C@](C(=O)OC)(C(F)(F)F)O1. The van der Waals surface area contributed by atoms with E-state index in [1.807, 2.05) is 6.92 Å². The summed E-state index contributed by atoms with van der Waals surface area (Å²) in [4.78, 5) is 11.2. The van der Waals surface area contributed by atoms with E-state index in [4.69, 9.17) is 4.74 Å². The Hall–Kier alpha value is -1.04. The van der Waals surface area contributed by atoms with Gasteiger partial charge in [0.1, 0.15) is 0 Å². The summed E-state index contributed by atoms with van der Waals surface area (Å²) in [5.74, 6) is -1.44. The van der Waals surface area contributed by atoms with E-state index >= 15 is 0 Å². The lowest BCUT2D eigenvalue weighted by molar-refractivity contribution is -0.260. The van der Waals surface area contributed by atoms with Crippen LogP contribution in [-0.2, 0) is 14.3 Å². The van der Waals surface area contributed by atoms with Crippen LogP contribution in [0.25, 0.3) is 0 Å². The number of ether oxygens (including phenoxy) is 2. The van der Waals surface area contributed by atoms with E-state index in [1.54, 1.807) is 0 Å². The molecule has 0 fully saturated rings. The van der Waals surface area contributed by atoms with E-state index in [1.165, 1.54) is 6.08 Å². The first-order chi connectivity index (χ1) is 7.37. The molecule has 1 heterocycles. The van der Waals surface area contributed by atoms with E-state index in [-0.39, 0.29) is 0 Å². The molecule has 2 atom stereocenters. The second kappa shape index (κ2) is 4.45. The Morgan fingerprint density at radius 2 is 2.19 bits per heavy atom. The van der Waals surface area contributed by atoms with Crippen molar-refractivity contribution >= 4 is 5.97 Å². The number of halogens is 3. The van der Waals surface area contributed by atoms with Gasteiger partial charge in [-0.05, 0) is 12.5 Å². The van der Waals surface area contributed by atoms with Gasteiger partial charge in [-0.25, -0.2) is 4.79 Å². The smallest absolute Gasteiger partial charge is 0.432 e. The molecule has 0 spiro atoms. The fraction of sp³-hybridized carbons (Fsp3) is 0.700. The van der Waals surface area contributed by atoms with Crippen molar-refractivity contribution in [3.63, 3.8) is 0 Å². The van der Waals surface area contributed by atoms with Gasteiger partial charge in [0.05, 0.1) is 13.2 Å². The largest absolute Gasteiger partial charge is 0.466 e. The number of carbonyl (C=O) groups is 1. The Labute approximate surface area is 91.2 Å². The summed E-state index contributed by atoms with van der Waals surface area (Å²) in [5, 5.41) is 0. The Kier molecular flexibility index (Phi) is 3.62. The molecule has 1 rings (SSSR count). The highest BCUT2D eigenvalue weighted by molar-refractivity contribution is 5.84. The highest BCUT2D eigenvalue weighted by Crippen LogP contribution is 2.41. The Morgan fingerprint density at radius 1 is 1.56 bits per heavy atom. The zero-order chi connectivity index (χ0) is 12.4. The molecule has 3 nitrogen and oxygen atoms in total. The molecule has 0 amide bonds. The molecule has 0 aromatic heterocycles. The lowest BCUT2D eigenvalue weighted by Crippen LogP contribution is -2.52. The second-order valence-electron chi connectivity index (χ2n) is 3.53. The minimum Gasteiger partial charge on any atom is -0.466 e. The molecule has 0 N–H and O–H groups in total. The zero-order valence-electron chi connectivity index (χ0n) is 9.00. The van der Waals surface area contributed by atoms with Crippen molar-refractivity contribution in [1.82, 2.24) is 0 Å². The van der Waals surface area contributed by atoms with Crippen LogP contribution in [0.2, 0.25) is 0 Å². The molecule has 0 aromatic carbocycles. The van der Waals surface area contributed by atoms with Crippen LogP contribution in [0, 0.1) is 0 Å². The minimum atomic E-state index is -4.81. The third-order valence-corrected chi connectivity index (χ3v) is 2.37. The molecule has 1 aliphatic rings. The summed E-state index contributed by atoms with van der Waals surface area (Å²) in [6.45, 7) is 1.82. The third-order valence-electron chi connectivity index (χ3n) is 2.37. The molecular weight excluding hydrogens is 225 g/mol. The average Bonchev–Trinajstić information content (AvgIpc) is 2.62. The van der Waals surface area contributed by atoms with Gasteiger partial charge in [-0.1, -0.05) is 19.4 Å². The summed E-state index contributed by atoms with van der Waals surface area (Å²) in [7, 11) is 0.903. The molecule has 0 aliphatic carbocycles. The van der Waals surface area contributed by atoms with Gasteiger partial charge < -0.3 is 9.47 Å². The first kappa shape index (κ1) is 13.0. The van der Waals surface area contributed by atoms with Gasteiger partial charge in [0.2, 0.25) is 0 Å². The van der Waals surface area contributed by atoms with Crippen LogP contribution < -0.4 is 0 Å². The highest BCUT2D eigenvalue weighted by atomic mass is 19.4. The number of rotatable bonds is 3. The Morgan fingerprint density at radius 3 is 2.62 bits per heavy atom. The van der Waals surface area contributed by atoms with Gasteiger partial charge in [-0.2, -0.15) is 13.2 Å². The summed E-state index contributed by atoms with van der Waals surface area (Å²) >= 11 is 0. The normalized spacial score (nSPS) is 29.4. The molecule has 0 aromatic rings. The lowest BCUT2D eigenvalue weighted by Gasteiger charge is -2.28. The number of alkyl halides is 3.